The Morgan fingerprint density at radius 3 is 2.69 bits per heavy atom. The molecule has 168 valence electrons. The fourth-order valence-electron chi connectivity index (χ4n) is 3.40. The number of hydrogen-bond donors (Lipinski definition) is 1. The van der Waals surface area contributed by atoms with E-state index in [1.54, 1.807) is 25.4 Å². The Kier molecular flexibility index (Phi) is 7.54. The van der Waals surface area contributed by atoms with E-state index in [-0.39, 0.29) is 26.0 Å². The zero-order valence-corrected chi connectivity index (χ0v) is 18.5. The first-order chi connectivity index (χ1) is 15.4. The quantitative estimate of drug-likeness (QED) is 0.527. The second-order valence-corrected chi connectivity index (χ2v) is 7.50. The molecule has 1 amide bonds. The van der Waals surface area contributed by atoms with Gasteiger partial charge in [-0.1, -0.05) is 26.0 Å². The second kappa shape index (κ2) is 10.5. The molecule has 7 heteroatoms. The number of hydrogen-bond acceptors (Lipinski definition) is 5. The molecule has 0 saturated carbocycles. The van der Waals surface area contributed by atoms with Gasteiger partial charge in [0, 0.05) is 37.2 Å². The normalized spacial score (nSPS) is 11.6. The molecule has 1 N–H and O–H groups in total. The number of amides is 1. The maximum absolute atomic E-state index is 13.0. The lowest BCUT2D eigenvalue weighted by molar-refractivity contribution is -0.143. The Labute approximate surface area is 188 Å². The smallest absolute Gasteiger partial charge is 0.326 e. The van der Waals surface area contributed by atoms with E-state index in [0.717, 1.165) is 23.1 Å². The van der Waals surface area contributed by atoms with E-state index in [9.17, 15) is 14.4 Å². The highest BCUT2D eigenvalue weighted by Gasteiger charge is 2.15. The van der Waals surface area contributed by atoms with Crippen molar-refractivity contribution >= 4 is 17.6 Å². The molecule has 3 rings (SSSR count). The average molecular weight is 436 g/mol. The number of carbonyl (C=O) groups excluding carboxylic acids is 2. The van der Waals surface area contributed by atoms with Crippen molar-refractivity contribution in [3.05, 3.63) is 82.5 Å². The lowest BCUT2D eigenvalue weighted by Gasteiger charge is -2.17. The van der Waals surface area contributed by atoms with Crippen LogP contribution in [0.1, 0.15) is 50.5 Å². The number of aromatic nitrogens is 2. The van der Waals surface area contributed by atoms with Gasteiger partial charge in [-0.3, -0.25) is 19.4 Å². The van der Waals surface area contributed by atoms with Crippen molar-refractivity contribution in [1.82, 2.24) is 9.55 Å². The summed E-state index contributed by atoms with van der Waals surface area (Å²) in [4.78, 5) is 40.9. The van der Waals surface area contributed by atoms with Gasteiger partial charge in [-0.15, -0.1) is 0 Å². The molecule has 0 aliphatic heterocycles. The van der Waals surface area contributed by atoms with Gasteiger partial charge in [0.25, 0.3) is 11.5 Å². The number of ether oxygens (including phenoxy) is 1. The summed E-state index contributed by atoms with van der Waals surface area (Å²) in [6, 6.07) is 12.3. The summed E-state index contributed by atoms with van der Waals surface area (Å²) in [6.07, 6.45) is 5.91. The van der Waals surface area contributed by atoms with Crippen LogP contribution in [-0.2, 0) is 16.1 Å². The van der Waals surface area contributed by atoms with Crippen LogP contribution in [0.3, 0.4) is 0 Å². The van der Waals surface area contributed by atoms with Crippen LogP contribution in [-0.4, -0.2) is 28.0 Å². The molecule has 0 bridgehead atoms. The molecule has 0 radical (unpaired) electrons. The van der Waals surface area contributed by atoms with Crippen molar-refractivity contribution in [2.75, 3.05) is 11.9 Å². The molecular formula is C25H29N3O4. The van der Waals surface area contributed by atoms with Crippen molar-refractivity contribution in [3.63, 3.8) is 0 Å². The van der Waals surface area contributed by atoms with E-state index in [0.29, 0.717) is 17.2 Å². The topological polar surface area (TPSA) is 90.3 Å². The molecule has 1 aromatic carbocycles. The second-order valence-electron chi connectivity index (χ2n) is 7.50. The van der Waals surface area contributed by atoms with Gasteiger partial charge >= 0.3 is 5.97 Å². The zero-order valence-electron chi connectivity index (χ0n) is 18.5. The van der Waals surface area contributed by atoms with Crippen molar-refractivity contribution in [2.45, 2.75) is 39.7 Å². The summed E-state index contributed by atoms with van der Waals surface area (Å²) in [6.45, 7) is 6.00. The lowest BCUT2D eigenvalue weighted by atomic mass is 9.89. The van der Waals surface area contributed by atoms with Gasteiger partial charge in [0.1, 0.15) is 6.54 Å². The third kappa shape index (κ3) is 5.49. The predicted octanol–water partition coefficient (Wildman–Crippen LogP) is 4.49. The van der Waals surface area contributed by atoms with E-state index >= 15 is 0 Å². The van der Waals surface area contributed by atoms with Crippen molar-refractivity contribution < 1.29 is 15.8 Å². The summed E-state index contributed by atoms with van der Waals surface area (Å²) in [7, 11) is 0. The third-order valence-electron chi connectivity index (χ3n) is 5.28. The molecule has 0 aliphatic carbocycles. The maximum atomic E-state index is 13.0. The number of pyridine rings is 2. The predicted molar refractivity (Wildman–Crippen MR) is 126 cm³/mol. The number of carbonyl (C=O) groups is 2. The average Bonchev–Trinajstić information content (AvgIpc) is 2.81. The SMILES string of the molecule is CCOC(=O)Cn1cc(NC(=O)c2ccc(C(C)CC)c(-c3cccnc3)c2)ccc1=O.[HH]. The molecule has 1 unspecified atom stereocenters. The highest BCUT2D eigenvalue weighted by atomic mass is 16.5. The summed E-state index contributed by atoms with van der Waals surface area (Å²) >= 11 is 0. The standard InChI is InChI=1S/C25H27N3O4.H2/c1-4-17(3)21-10-8-18(13-22(21)19-7-6-12-26-14-19)25(31)27-20-9-11-23(29)28(15-20)16-24(30)32-5-2;/h6-15,17H,4-5,16H2,1-3H3,(H,27,31);1H. The summed E-state index contributed by atoms with van der Waals surface area (Å²) < 4.78 is 6.10. The van der Waals surface area contributed by atoms with Gasteiger partial charge in [0.15, 0.2) is 0 Å². The maximum Gasteiger partial charge on any atom is 0.326 e. The van der Waals surface area contributed by atoms with Crippen molar-refractivity contribution in [2.24, 2.45) is 0 Å². The molecule has 0 aliphatic rings. The van der Waals surface area contributed by atoms with Gasteiger partial charge in [0.05, 0.1) is 12.3 Å². The van der Waals surface area contributed by atoms with E-state index < -0.39 is 5.97 Å². The van der Waals surface area contributed by atoms with Crippen molar-refractivity contribution in [3.8, 4) is 11.1 Å². The minimum atomic E-state index is -0.514. The van der Waals surface area contributed by atoms with E-state index in [2.05, 4.69) is 24.1 Å². The molecule has 2 aromatic heterocycles. The van der Waals surface area contributed by atoms with Crippen LogP contribution >= 0.6 is 0 Å². The van der Waals surface area contributed by atoms with Crippen LogP contribution in [0.4, 0.5) is 5.69 Å². The highest BCUT2D eigenvalue weighted by Crippen LogP contribution is 2.31. The van der Waals surface area contributed by atoms with E-state index in [1.807, 2.05) is 24.3 Å². The molecule has 1 atom stereocenters. The van der Waals surface area contributed by atoms with E-state index in [4.69, 9.17) is 4.74 Å². The van der Waals surface area contributed by atoms with Crippen LogP contribution < -0.4 is 10.9 Å². The van der Waals surface area contributed by atoms with Gasteiger partial charge < -0.3 is 14.6 Å². The number of anilines is 1. The molecule has 0 fully saturated rings. The molecule has 0 saturated heterocycles. The summed E-state index contributed by atoms with van der Waals surface area (Å²) in [5, 5.41) is 2.81. The Balaban J connectivity index is 0.00000385. The Morgan fingerprint density at radius 2 is 2.00 bits per heavy atom. The van der Waals surface area contributed by atoms with Crippen molar-refractivity contribution in [1.29, 1.82) is 0 Å². The summed E-state index contributed by atoms with van der Waals surface area (Å²) in [5.74, 6) is -0.499. The van der Waals surface area contributed by atoms with Gasteiger partial charge in [-0.25, -0.2) is 0 Å². The fourth-order valence-corrected chi connectivity index (χ4v) is 3.40. The number of nitrogens with zero attached hydrogens (tertiary/aromatic N) is 2. The third-order valence-corrected chi connectivity index (χ3v) is 5.28. The Morgan fingerprint density at radius 1 is 1.19 bits per heavy atom. The minimum Gasteiger partial charge on any atom is -0.465 e. The number of esters is 1. The molecule has 2 heterocycles. The molecular weight excluding hydrogens is 406 g/mol. The lowest BCUT2D eigenvalue weighted by Crippen LogP contribution is -2.25. The van der Waals surface area contributed by atoms with Crippen LogP contribution in [0.15, 0.2) is 65.8 Å². The Hall–Kier alpha value is -3.74. The first-order valence-electron chi connectivity index (χ1n) is 10.6. The molecule has 0 spiro atoms. The first-order valence-corrected chi connectivity index (χ1v) is 10.6. The van der Waals surface area contributed by atoms with E-state index in [1.165, 1.54) is 22.9 Å². The van der Waals surface area contributed by atoms with Crippen LogP contribution in [0.5, 0.6) is 0 Å². The minimum absolute atomic E-state index is 0. The molecule has 3 aromatic rings. The number of rotatable bonds is 8. The molecule has 32 heavy (non-hydrogen) atoms. The van der Waals surface area contributed by atoms with Crippen LogP contribution in [0.2, 0.25) is 0 Å². The summed E-state index contributed by atoms with van der Waals surface area (Å²) in [5.41, 5.74) is 3.60. The van der Waals surface area contributed by atoms with Gasteiger partial charge in [-0.2, -0.15) is 0 Å². The van der Waals surface area contributed by atoms with Crippen LogP contribution in [0, 0.1) is 0 Å². The fraction of sp³-hybridized carbons (Fsp3) is 0.280. The first kappa shape index (κ1) is 22.9. The van der Waals surface area contributed by atoms with Gasteiger partial charge in [0.2, 0.25) is 0 Å². The van der Waals surface area contributed by atoms with Crippen LogP contribution in [0.25, 0.3) is 11.1 Å². The monoisotopic (exact) mass is 435 g/mol. The zero-order chi connectivity index (χ0) is 23.1. The highest BCUT2D eigenvalue weighted by molar-refractivity contribution is 6.05. The van der Waals surface area contributed by atoms with Gasteiger partial charge in [-0.05, 0) is 54.7 Å². The molecule has 7 nitrogen and oxygen atoms in total. The Bertz CT molecular complexity index is 1160. The largest absolute Gasteiger partial charge is 0.465 e. The number of benzene rings is 1. The number of nitrogens with one attached hydrogen (secondary N) is 1.